The molecular formula is C25H23N3O2. The van der Waals surface area contributed by atoms with Crippen molar-refractivity contribution in [2.75, 3.05) is 7.11 Å². The molecule has 0 spiro atoms. The van der Waals surface area contributed by atoms with E-state index in [0.29, 0.717) is 5.56 Å². The Kier molecular flexibility index (Phi) is 5.35. The van der Waals surface area contributed by atoms with Crippen molar-refractivity contribution in [2.45, 2.75) is 6.54 Å². The molecule has 0 unspecified atom stereocenters. The number of carbonyl (C=O) groups excluding carboxylic acids is 1. The lowest BCUT2D eigenvalue weighted by Gasteiger charge is -2.05. The van der Waals surface area contributed by atoms with Crippen molar-refractivity contribution >= 4 is 5.78 Å². The second-order valence-electron chi connectivity index (χ2n) is 7.12. The molecule has 30 heavy (non-hydrogen) atoms. The van der Waals surface area contributed by atoms with Crippen LogP contribution in [-0.2, 0) is 13.6 Å². The SMILES string of the molecule is COc1ccc(-c2cn(CC(=O)c3ccc(-c4ccccc4)cc3)c(=N)n2C)cc1. The van der Waals surface area contributed by atoms with Crippen molar-refractivity contribution in [3.63, 3.8) is 0 Å². The Morgan fingerprint density at radius 3 is 2.10 bits per heavy atom. The zero-order valence-electron chi connectivity index (χ0n) is 17.0. The fourth-order valence-corrected chi connectivity index (χ4v) is 3.48. The maximum Gasteiger partial charge on any atom is 0.202 e. The molecule has 0 atom stereocenters. The second-order valence-corrected chi connectivity index (χ2v) is 7.12. The summed E-state index contributed by atoms with van der Waals surface area (Å²) < 4.78 is 8.65. The van der Waals surface area contributed by atoms with Crippen molar-refractivity contribution in [1.29, 1.82) is 5.41 Å². The van der Waals surface area contributed by atoms with E-state index in [4.69, 9.17) is 10.1 Å². The van der Waals surface area contributed by atoms with Crippen molar-refractivity contribution < 1.29 is 9.53 Å². The molecule has 5 nitrogen and oxygen atoms in total. The predicted octanol–water partition coefficient (Wildman–Crippen LogP) is 4.53. The van der Waals surface area contributed by atoms with Gasteiger partial charge in [0, 0.05) is 18.8 Å². The van der Waals surface area contributed by atoms with Crippen molar-refractivity contribution in [3.05, 3.63) is 96.2 Å². The zero-order chi connectivity index (χ0) is 21.1. The quantitative estimate of drug-likeness (QED) is 0.486. The molecule has 4 aromatic rings. The lowest BCUT2D eigenvalue weighted by atomic mass is 10.0. The molecule has 0 bridgehead atoms. The molecule has 3 aromatic carbocycles. The lowest BCUT2D eigenvalue weighted by molar-refractivity contribution is 0.0970. The smallest absolute Gasteiger partial charge is 0.202 e. The van der Waals surface area contributed by atoms with Crippen LogP contribution < -0.4 is 10.4 Å². The van der Waals surface area contributed by atoms with Gasteiger partial charge < -0.3 is 13.9 Å². The molecule has 4 rings (SSSR count). The van der Waals surface area contributed by atoms with E-state index < -0.39 is 0 Å². The highest BCUT2D eigenvalue weighted by atomic mass is 16.5. The Morgan fingerprint density at radius 1 is 0.867 bits per heavy atom. The third kappa shape index (κ3) is 3.82. The van der Waals surface area contributed by atoms with Gasteiger partial charge in [0.25, 0.3) is 0 Å². The van der Waals surface area contributed by atoms with E-state index in [1.54, 1.807) is 16.2 Å². The third-order valence-corrected chi connectivity index (χ3v) is 5.24. The number of ketones is 1. The molecular weight excluding hydrogens is 374 g/mol. The zero-order valence-corrected chi connectivity index (χ0v) is 17.0. The average molecular weight is 397 g/mol. The van der Waals surface area contributed by atoms with Gasteiger partial charge in [0.2, 0.25) is 5.62 Å². The van der Waals surface area contributed by atoms with Crippen LogP contribution in [0.25, 0.3) is 22.4 Å². The first-order chi connectivity index (χ1) is 14.6. The molecule has 0 fully saturated rings. The van der Waals surface area contributed by atoms with Crippen molar-refractivity contribution in [3.8, 4) is 28.1 Å². The topological polar surface area (TPSA) is 60.0 Å². The number of hydrogen-bond acceptors (Lipinski definition) is 3. The molecule has 0 aliphatic heterocycles. The van der Waals surface area contributed by atoms with E-state index in [1.807, 2.05) is 92.1 Å². The number of nitrogens with one attached hydrogen (secondary N) is 1. The van der Waals surface area contributed by atoms with Crippen LogP contribution in [0, 0.1) is 5.41 Å². The monoisotopic (exact) mass is 397 g/mol. The van der Waals surface area contributed by atoms with Crippen LogP contribution in [0.5, 0.6) is 5.75 Å². The fourth-order valence-electron chi connectivity index (χ4n) is 3.48. The number of aromatic nitrogens is 2. The number of rotatable bonds is 6. The van der Waals surface area contributed by atoms with Gasteiger partial charge in [-0.15, -0.1) is 0 Å². The first-order valence-electron chi connectivity index (χ1n) is 9.70. The summed E-state index contributed by atoms with van der Waals surface area (Å²) >= 11 is 0. The standard InChI is InChI=1S/C25H23N3O2/c1-27-23(20-12-14-22(30-2)15-13-20)16-28(25(27)26)17-24(29)21-10-8-19(9-11-21)18-6-4-3-5-7-18/h3-16,26H,17H2,1-2H3. The van der Waals surface area contributed by atoms with Gasteiger partial charge in [-0.1, -0.05) is 54.6 Å². The lowest BCUT2D eigenvalue weighted by Crippen LogP contribution is -2.25. The Bertz CT molecular complexity index is 1220. The molecule has 1 N–H and O–H groups in total. The van der Waals surface area contributed by atoms with Gasteiger partial charge in [-0.25, -0.2) is 0 Å². The Balaban J connectivity index is 1.55. The normalized spacial score (nSPS) is 10.7. The fraction of sp³-hybridized carbons (Fsp3) is 0.120. The van der Waals surface area contributed by atoms with Crippen LogP contribution in [0.1, 0.15) is 10.4 Å². The first kappa shape index (κ1) is 19.5. The summed E-state index contributed by atoms with van der Waals surface area (Å²) in [6, 6.07) is 25.4. The Hall–Kier alpha value is -3.86. The summed E-state index contributed by atoms with van der Waals surface area (Å²) in [5, 5.41) is 8.40. The van der Waals surface area contributed by atoms with Gasteiger partial charge in [-0.05, 0) is 41.0 Å². The second kappa shape index (κ2) is 8.25. The number of Topliss-reactive ketones (excluding diaryl/α,β-unsaturated/α-hetero) is 1. The maximum atomic E-state index is 12.8. The number of carbonyl (C=O) groups is 1. The summed E-state index contributed by atoms with van der Waals surface area (Å²) in [5.41, 5.74) is 4.93. The minimum absolute atomic E-state index is 0.0278. The number of ether oxygens (including phenoxy) is 1. The maximum absolute atomic E-state index is 12.8. The van der Waals surface area contributed by atoms with Crippen LogP contribution in [0.2, 0.25) is 0 Å². The molecule has 0 radical (unpaired) electrons. The predicted molar refractivity (Wildman–Crippen MR) is 117 cm³/mol. The van der Waals surface area contributed by atoms with E-state index in [1.165, 1.54) is 0 Å². The number of hydrogen-bond donors (Lipinski definition) is 1. The van der Waals surface area contributed by atoms with Gasteiger partial charge in [0.05, 0.1) is 19.3 Å². The molecule has 1 aromatic heterocycles. The summed E-state index contributed by atoms with van der Waals surface area (Å²) in [6.07, 6.45) is 1.85. The van der Waals surface area contributed by atoms with Crippen LogP contribution in [0.15, 0.2) is 85.1 Å². The van der Waals surface area contributed by atoms with Crippen LogP contribution in [0.4, 0.5) is 0 Å². The number of nitrogens with zero attached hydrogens (tertiary/aromatic N) is 2. The Morgan fingerprint density at radius 2 is 1.47 bits per heavy atom. The van der Waals surface area contributed by atoms with Crippen LogP contribution >= 0.6 is 0 Å². The van der Waals surface area contributed by atoms with Gasteiger partial charge in [0.1, 0.15) is 5.75 Å². The minimum Gasteiger partial charge on any atom is -0.497 e. The molecule has 0 amide bonds. The highest BCUT2D eigenvalue weighted by Crippen LogP contribution is 2.22. The molecule has 0 saturated heterocycles. The van der Waals surface area contributed by atoms with E-state index in [9.17, 15) is 4.79 Å². The van der Waals surface area contributed by atoms with E-state index in [2.05, 4.69) is 0 Å². The van der Waals surface area contributed by atoms with Gasteiger partial charge in [0.15, 0.2) is 5.78 Å². The first-order valence-corrected chi connectivity index (χ1v) is 9.70. The molecule has 0 aliphatic carbocycles. The Labute approximate surface area is 175 Å². The highest BCUT2D eigenvalue weighted by Gasteiger charge is 2.13. The van der Waals surface area contributed by atoms with E-state index in [0.717, 1.165) is 28.1 Å². The van der Waals surface area contributed by atoms with Gasteiger partial charge in [-0.3, -0.25) is 10.2 Å². The average Bonchev–Trinajstić information content (AvgIpc) is 3.08. The summed E-state index contributed by atoms with van der Waals surface area (Å²) in [7, 11) is 3.46. The largest absolute Gasteiger partial charge is 0.497 e. The molecule has 0 aliphatic rings. The number of imidazole rings is 1. The number of methoxy groups -OCH3 is 1. The minimum atomic E-state index is -0.0278. The van der Waals surface area contributed by atoms with Crippen molar-refractivity contribution in [1.82, 2.24) is 9.13 Å². The molecule has 5 heteroatoms. The molecule has 150 valence electrons. The van der Waals surface area contributed by atoms with Crippen molar-refractivity contribution in [2.24, 2.45) is 7.05 Å². The highest BCUT2D eigenvalue weighted by molar-refractivity contribution is 5.96. The summed E-state index contributed by atoms with van der Waals surface area (Å²) in [5.74, 6) is 0.751. The number of benzene rings is 3. The van der Waals surface area contributed by atoms with Crippen LogP contribution in [0.3, 0.4) is 0 Å². The third-order valence-electron chi connectivity index (χ3n) is 5.24. The van der Waals surface area contributed by atoms with E-state index in [-0.39, 0.29) is 17.9 Å². The summed E-state index contributed by atoms with van der Waals surface area (Å²) in [6.45, 7) is 0.119. The van der Waals surface area contributed by atoms with Gasteiger partial charge in [-0.2, -0.15) is 0 Å². The van der Waals surface area contributed by atoms with E-state index >= 15 is 0 Å². The molecule has 0 saturated carbocycles. The van der Waals surface area contributed by atoms with Crippen LogP contribution in [-0.4, -0.2) is 22.0 Å². The molecule has 1 heterocycles. The van der Waals surface area contributed by atoms with Gasteiger partial charge >= 0.3 is 0 Å². The summed E-state index contributed by atoms with van der Waals surface area (Å²) in [4.78, 5) is 12.8.